The number of aromatic nitrogens is 1. The molecule has 1 aliphatic carbocycles. The Bertz CT molecular complexity index is 1860. The average molecular weight is 619 g/mol. The lowest BCUT2D eigenvalue weighted by atomic mass is 9.93. The van der Waals surface area contributed by atoms with Crippen LogP contribution in [0.2, 0.25) is 0 Å². The third-order valence-electron chi connectivity index (χ3n) is 8.43. The second-order valence-electron chi connectivity index (χ2n) is 11.1. The van der Waals surface area contributed by atoms with Gasteiger partial charge in [-0.15, -0.1) is 0 Å². The first-order chi connectivity index (χ1) is 21.1. The molecule has 3 N–H and O–H groups in total. The molecule has 2 fully saturated rings. The Morgan fingerprint density at radius 2 is 1.84 bits per heavy atom. The Labute approximate surface area is 253 Å². The number of halogens is 1. The molecule has 44 heavy (non-hydrogen) atoms. The molecule has 2 aliphatic rings. The van der Waals surface area contributed by atoms with E-state index in [0.717, 1.165) is 10.8 Å². The van der Waals surface area contributed by atoms with Crippen molar-refractivity contribution in [1.82, 2.24) is 9.88 Å². The van der Waals surface area contributed by atoms with Crippen LogP contribution in [-0.2, 0) is 19.4 Å². The number of carboxylic acid groups (broad SMARTS) is 1. The van der Waals surface area contributed by atoms with Crippen LogP contribution in [0.5, 0.6) is 5.75 Å². The van der Waals surface area contributed by atoms with Crippen LogP contribution in [0, 0.1) is 11.7 Å². The minimum Gasteiger partial charge on any atom is -0.494 e. The SMILES string of the molecule is COc1cc([C@H](C(=O)N2CC[C@H](C(=O)O)[C@@H]2c2ccccc2S(=O)(=O)C2CC2)N(N)c2ccc3cnccc3c2)ccc1F. The number of likely N-dealkylation sites (tertiary alicyclic amines) is 1. The van der Waals surface area contributed by atoms with Crippen LogP contribution in [0.15, 0.2) is 84.0 Å². The number of hydrogen-bond acceptors (Lipinski definition) is 8. The number of aliphatic carboxylic acids is 1. The van der Waals surface area contributed by atoms with Gasteiger partial charge in [-0.25, -0.2) is 18.7 Å². The van der Waals surface area contributed by atoms with Gasteiger partial charge in [0.25, 0.3) is 5.91 Å². The summed E-state index contributed by atoms with van der Waals surface area (Å²) in [5.41, 5.74) is 1.03. The number of nitrogens with two attached hydrogens (primary N) is 1. The van der Waals surface area contributed by atoms with Crippen molar-refractivity contribution in [3.8, 4) is 5.75 Å². The van der Waals surface area contributed by atoms with Crippen LogP contribution in [0.3, 0.4) is 0 Å². The van der Waals surface area contributed by atoms with Crippen molar-refractivity contribution in [1.29, 1.82) is 0 Å². The maximum absolute atomic E-state index is 14.7. The van der Waals surface area contributed by atoms with Gasteiger partial charge in [0.1, 0.15) is 6.04 Å². The highest BCUT2D eigenvalue weighted by Crippen LogP contribution is 2.45. The van der Waals surface area contributed by atoms with Crippen LogP contribution in [0.1, 0.15) is 42.5 Å². The first-order valence-corrected chi connectivity index (χ1v) is 15.7. The summed E-state index contributed by atoms with van der Waals surface area (Å²) in [5.74, 6) is 3.22. The topological polar surface area (TPSA) is 143 Å². The van der Waals surface area contributed by atoms with Crippen LogP contribution in [0.4, 0.5) is 10.1 Å². The van der Waals surface area contributed by atoms with Gasteiger partial charge < -0.3 is 14.7 Å². The summed E-state index contributed by atoms with van der Waals surface area (Å²) in [7, 11) is -2.42. The van der Waals surface area contributed by atoms with E-state index in [1.807, 2.05) is 6.07 Å². The van der Waals surface area contributed by atoms with Crippen LogP contribution < -0.4 is 15.6 Å². The monoisotopic (exact) mass is 618 g/mol. The highest BCUT2D eigenvalue weighted by Gasteiger charge is 2.48. The lowest BCUT2D eigenvalue weighted by Crippen LogP contribution is -2.47. The number of pyridine rings is 1. The van der Waals surface area contributed by atoms with E-state index in [2.05, 4.69) is 4.98 Å². The van der Waals surface area contributed by atoms with E-state index in [-0.39, 0.29) is 29.2 Å². The maximum atomic E-state index is 14.7. The first kappa shape index (κ1) is 29.5. The minimum atomic E-state index is -3.73. The van der Waals surface area contributed by atoms with Crippen molar-refractivity contribution in [3.63, 3.8) is 0 Å². The summed E-state index contributed by atoms with van der Waals surface area (Å²) in [6.45, 7) is 0.0460. The molecule has 1 amide bonds. The van der Waals surface area contributed by atoms with Gasteiger partial charge in [-0.2, -0.15) is 0 Å². The number of amides is 1. The number of hydrazine groups is 1. The molecule has 0 radical (unpaired) electrons. The molecular formula is C32H31FN4O6S. The molecule has 3 atom stereocenters. The second kappa shape index (κ2) is 11.5. The van der Waals surface area contributed by atoms with E-state index < -0.39 is 50.8 Å². The van der Waals surface area contributed by atoms with E-state index in [1.54, 1.807) is 48.8 Å². The summed E-state index contributed by atoms with van der Waals surface area (Å²) in [4.78, 5) is 32.8. The van der Waals surface area contributed by atoms with Crippen molar-refractivity contribution in [3.05, 3.63) is 96.1 Å². The normalized spacial score (nSPS) is 19.1. The molecule has 4 aromatic rings. The number of sulfone groups is 1. The molecule has 0 unspecified atom stereocenters. The molecule has 228 valence electrons. The maximum Gasteiger partial charge on any atom is 0.309 e. The number of carbonyl (C=O) groups excluding carboxylic acids is 1. The molecule has 3 aromatic carbocycles. The zero-order valence-electron chi connectivity index (χ0n) is 23.8. The van der Waals surface area contributed by atoms with Crippen LogP contribution in [0.25, 0.3) is 10.8 Å². The molecule has 2 heterocycles. The third kappa shape index (κ3) is 5.24. The Kier molecular flexibility index (Phi) is 7.72. The van der Waals surface area contributed by atoms with Gasteiger partial charge in [-0.1, -0.05) is 30.3 Å². The van der Waals surface area contributed by atoms with Gasteiger partial charge in [0.05, 0.1) is 34.9 Å². The van der Waals surface area contributed by atoms with Gasteiger partial charge in [0.2, 0.25) is 0 Å². The highest BCUT2D eigenvalue weighted by atomic mass is 32.2. The number of benzene rings is 3. The van der Waals surface area contributed by atoms with Gasteiger partial charge >= 0.3 is 5.97 Å². The lowest BCUT2D eigenvalue weighted by molar-refractivity contribution is -0.143. The van der Waals surface area contributed by atoms with E-state index in [9.17, 15) is 27.5 Å². The van der Waals surface area contributed by atoms with Crippen molar-refractivity contribution >= 4 is 38.2 Å². The van der Waals surface area contributed by atoms with Crippen molar-refractivity contribution < 1.29 is 32.2 Å². The minimum absolute atomic E-state index is 0.0335. The summed E-state index contributed by atoms with van der Waals surface area (Å²) < 4.78 is 46.6. The fourth-order valence-electron chi connectivity index (χ4n) is 6.03. The molecule has 6 rings (SSSR count). The third-order valence-corrected chi connectivity index (χ3v) is 10.8. The largest absolute Gasteiger partial charge is 0.494 e. The standard InChI is InChI=1S/C32H31FN4O6S/c1-43-27-17-20(7-11-26(27)33)29(37(34)22-8-6-21-18-35-14-12-19(21)16-22)31(38)36-15-13-25(32(39)40)30(36)24-4-2-3-5-28(24)44(41,42)23-9-10-23/h2-8,11-12,14,16-18,23,25,29-30H,9-10,13,15,34H2,1H3,(H,39,40)/t25-,29+,30-/m0/s1. The molecule has 1 aliphatic heterocycles. The summed E-state index contributed by atoms with van der Waals surface area (Å²) in [6.07, 6.45) is 4.50. The molecule has 1 saturated carbocycles. The molecule has 1 aromatic heterocycles. The first-order valence-electron chi connectivity index (χ1n) is 14.2. The predicted molar refractivity (Wildman–Crippen MR) is 161 cm³/mol. The van der Waals surface area contributed by atoms with E-state index in [1.165, 1.54) is 41.3 Å². The number of hydrogen-bond donors (Lipinski definition) is 2. The average Bonchev–Trinajstić information content (AvgIpc) is 3.80. The number of ether oxygens (including phenoxy) is 1. The van der Waals surface area contributed by atoms with Gasteiger partial charge in [0, 0.05) is 24.3 Å². The summed E-state index contributed by atoms with van der Waals surface area (Å²) in [5, 5.41) is 12.6. The van der Waals surface area contributed by atoms with E-state index >= 15 is 0 Å². The summed E-state index contributed by atoms with van der Waals surface area (Å²) >= 11 is 0. The van der Waals surface area contributed by atoms with Gasteiger partial charge in [-0.3, -0.25) is 19.6 Å². The fraction of sp³-hybridized carbons (Fsp3) is 0.281. The summed E-state index contributed by atoms with van der Waals surface area (Å²) in [6, 6.07) is 15.1. The number of fused-ring (bicyclic) bond motifs is 1. The number of carboxylic acids is 1. The molecule has 1 saturated heterocycles. The number of methoxy groups -OCH3 is 1. The van der Waals surface area contributed by atoms with E-state index in [4.69, 9.17) is 10.6 Å². The second-order valence-corrected chi connectivity index (χ2v) is 13.3. The quantitative estimate of drug-likeness (QED) is 0.206. The molecule has 12 heteroatoms. The molecule has 0 bridgehead atoms. The van der Waals surface area contributed by atoms with Gasteiger partial charge in [0.15, 0.2) is 21.4 Å². The highest BCUT2D eigenvalue weighted by molar-refractivity contribution is 7.92. The van der Waals surface area contributed by atoms with Gasteiger partial charge in [-0.05, 0) is 72.2 Å². The Hall–Kier alpha value is -4.55. The van der Waals surface area contributed by atoms with Crippen LogP contribution >= 0.6 is 0 Å². The molecule has 0 spiro atoms. The zero-order valence-corrected chi connectivity index (χ0v) is 24.7. The smallest absolute Gasteiger partial charge is 0.309 e. The lowest BCUT2D eigenvalue weighted by Gasteiger charge is -2.36. The number of rotatable bonds is 9. The number of anilines is 1. The van der Waals surface area contributed by atoms with Crippen LogP contribution in [-0.4, -0.2) is 54.2 Å². The Morgan fingerprint density at radius 1 is 1.07 bits per heavy atom. The van der Waals surface area contributed by atoms with Crippen molar-refractivity contribution in [2.24, 2.45) is 11.8 Å². The number of nitrogens with zero attached hydrogens (tertiary/aromatic N) is 3. The van der Waals surface area contributed by atoms with E-state index in [0.29, 0.717) is 24.1 Å². The van der Waals surface area contributed by atoms with Crippen molar-refractivity contribution in [2.75, 3.05) is 18.7 Å². The Balaban J connectivity index is 1.47. The molecule has 10 nitrogen and oxygen atoms in total. The fourth-order valence-corrected chi connectivity index (χ4v) is 7.93. The zero-order chi connectivity index (χ0) is 31.2. The predicted octanol–water partition coefficient (Wildman–Crippen LogP) is 4.41. The molecular weight excluding hydrogens is 587 g/mol. The Morgan fingerprint density at radius 3 is 2.57 bits per heavy atom. The number of carbonyl (C=O) groups is 2. The van der Waals surface area contributed by atoms with Crippen molar-refractivity contribution in [2.45, 2.75) is 41.5 Å².